The minimum Gasteiger partial charge on any atom is -0.324 e. The lowest BCUT2D eigenvalue weighted by atomic mass is 10.3. The molecule has 0 radical (unpaired) electrons. The number of aromatic nitrogens is 2. The van der Waals surface area contributed by atoms with Crippen LogP contribution in [0.4, 0.5) is 14.5 Å². The highest BCUT2D eigenvalue weighted by molar-refractivity contribution is 5.91. The van der Waals surface area contributed by atoms with Crippen LogP contribution in [-0.4, -0.2) is 15.5 Å². The average molecular weight is 301 g/mol. The number of carbonyl (C=O) groups is 1. The molecule has 112 valence electrons. The van der Waals surface area contributed by atoms with Gasteiger partial charge in [0.1, 0.15) is 24.0 Å². The molecule has 1 aromatic heterocycles. The largest absolute Gasteiger partial charge is 0.324 e. The number of amides is 1. The number of hydrogen-bond donors (Lipinski definition) is 1. The number of aryl methyl sites for hydroxylation is 1. The first-order chi connectivity index (χ1) is 10.5. The molecule has 2 aromatic carbocycles. The molecule has 0 unspecified atom stereocenters. The van der Waals surface area contributed by atoms with Crippen molar-refractivity contribution >= 4 is 22.6 Å². The van der Waals surface area contributed by atoms with Crippen LogP contribution in [0, 0.1) is 18.6 Å². The number of para-hydroxylation sites is 2. The van der Waals surface area contributed by atoms with Crippen LogP contribution in [-0.2, 0) is 11.3 Å². The van der Waals surface area contributed by atoms with Gasteiger partial charge in [-0.25, -0.2) is 13.8 Å². The van der Waals surface area contributed by atoms with Crippen LogP contribution < -0.4 is 5.32 Å². The van der Waals surface area contributed by atoms with Gasteiger partial charge in [0.2, 0.25) is 5.91 Å². The molecule has 1 N–H and O–H groups in total. The molecule has 3 aromatic rings. The zero-order chi connectivity index (χ0) is 15.7. The predicted molar refractivity (Wildman–Crippen MR) is 79.5 cm³/mol. The highest BCUT2D eigenvalue weighted by Crippen LogP contribution is 2.16. The second kappa shape index (κ2) is 5.55. The van der Waals surface area contributed by atoms with Crippen LogP contribution >= 0.6 is 0 Å². The molecule has 0 saturated carbocycles. The van der Waals surface area contributed by atoms with Crippen molar-refractivity contribution in [2.75, 3.05) is 5.32 Å². The van der Waals surface area contributed by atoms with Gasteiger partial charge in [0.15, 0.2) is 0 Å². The van der Waals surface area contributed by atoms with Gasteiger partial charge in [0, 0.05) is 11.8 Å². The summed E-state index contributed by atoms with van der Waals surface area (Å²) in [4.78, 5) is 16.5. The maximum atomic E-state index is 13.1. The number of nitrogens with one attached hydrogen (secondary N) is 1. The Kier molecular flexibility index (Phi) is 3.58. The topological polar surface area (TPSA) is 46.9 Å². The standard InChI is InChI=1S/C16H13F2N3O/c1-10-19-14-4-2-3-5-15(14)21(10)9-16(22)20-13-7-11(17)6-12(18)8-13/h2-8H,9H2,1H3,(H,20,22). The summed E-state index contributed by atoms with van der Waals surface area (Å²) in [5, 5.41) is 2.49. The maximum absolute atomic E-state index is 13.1. The lowest BCUT2D eigenvalue weighted by molar-refractivity contribution is -0.116. The van der Waals surface area contributed by atoms with Gasteiger partial charge in [-0.3, -0.25) is 4.79 Å². The van der Waals surface area contributed by atoms with Crippen LogP contribution in [0.2, 0.25) is 0 Å². The Hall–Kier alpha value is -2.76. The normalized spacial score (nSPS) is 10.9. The molecule has 0 fully saturated rings. The summed E-state index contributed by atoms with van der Waals surface area (Å²) in [7, 11) is 0. The van der Waals surface area contributed by atoms with Crippen LogP contribution in [0.5, 0.6) is 0 Å². The maximum Gasteiger partial charge on any atom is 0.244 e. The summed E-state index contributed by atoms with van der Waals surface area (Å²) < 4.78 is 28.0. The van der Waals surface area contributed by atoms with E-state index in [2.05, 4.69) is 10.3 Å². The van der Waals surface area contributed by atoms with Gasteiger partial charge in [-0.15, -0.1) is 0 Å². The number of halogens is 2. The number of benzene rings is 2. The lowest BCUT2D eigenvalue weighted by Gasteiger charge is -2.08. The Balaban J connectivity index is 1.82. The van der Waals surface area contributed by atoms with Crippen LogP contribution in [0.25, 0.3) is 11.0 Å². The molecule has 0 bridgehead atoms. The van der Waals surface area contributed by atoms with Crippen LogP contribution in [0.3, 0.4) is 0 Å². The first kappa shape index (κ1) is 14.2. The smallest absolute Gasteiger partial charge is 0.244 e. The van der Waals surface area contributed by atoms with Crippen molar-refractivity contribution in [2.24, 2.45) is 0 Å². The Morgan fingerprint density at radius 1 is 1.18 bits per heavy atom. The fourth-order valence-corrected chi connectivity index (χ4v) is 2.37. The Morgan fingerprint density at radius 3 is 2.59 bits per heavy atom. The number of anilines is 1. The molecule has 1 heterocycles. The van der Waals surface area contributed by atoms with Gasteiger partial charge in [0.05, 0.1) is 11.0 Å². The minimum atomic E-state index is -0.737. The predicted octanol–water partition coefficient (Wildman–Crippen LogP) is 3.26. The third-order valence-corrected chi connectivity index (χ3v) is 3.29. The summed E-state index contributed by atoms with van der Waals surface area (Å²) in [6.45, 7) is 1.82. The molecule has 0 atom stereocenters. The summed E-state index contributed by atoms with van der Waals surface area (Å²) >= 11 is 0. The van der Waals surface area contributed by atoms with Crippen LogP contribution in [0.15, 0.2) is 42.5 Å². The van der Waals surface area contributed by atoms with E-state index in [-0.39, 0.29) is 18.1 Å². The lowest BCUT2D eigenvalue weighted by Crippen LogP contribution is -2.19. The first-order valence-electron chi connectivity index (χ1n) is 6.71. The zero-order valence-electron chi connectivity index (χ0n) is 11.8. The highest BCUT2D eigenvalue weighted by Gasteiger charge is 2.11. The van der Waals surface area contributed by atoms with E-state index in [1.807, 2.05) is 24.3 Å². The second-order valence-corrected chi connectivity index (χ2v) is 4.94. The van der Waals surface area contributed by atoms with E-state index in [1.165, 1.54) is 0 Å². The fraction of sp³-hybridized carbons (Fsp3) is 0.125. The molecular formula is C16H13F2N3O. The molecule has 0 saturated heterocycles. The van der Waals surface area contributed by atoms with Crippen molar-refractivity contribution in [3.63, 3.8) is 0 Å². The summed E-state index contributed by atoms with van der Waals surface area (Å²) in [5.74, 6) is -1.16. The van der Waals surface area contributed by atoms with E-state index in [1.54, 1.807) is 11.5 Å². The quantitative estimate of drug-likeness (QED) is 0.807. The number of hydrogen-bond acceptors (Lipinski definition) is 2. The molecular weight excluding hydrogens is 288 g/mol. The Morgan fingerprint density at radius 2 is 1.86 bits per heavy atom. The fourth-order valence-electron chi connectivity index (χ4n) is 2.37. The molecule has 0 spiro atoms. The zero-order valence-corrected chi connectivity index (χ0v) is 11.8. The molecule has 3 rings (SSSR count). The summed E-state index contributed by atoms with van der Waals surface area (Å²) in [5.41, 5.74) is 1.72. The van der Waals surface area contributed by atoms with E-state index in [0.717, 1.165) is 29.2 Å². The van der Waals surface area contributed by atoms with Gasteiger partial charge in [-0.2, -0.15) is 0 Å². The van der Waals surface area contributed by atoms with E-state index in [0.29, 0.717) is 5.82 Å². The van der Waals surface area contributed by atoms with Crippen molar-refractivity contribution in [3.8, 4) is 0 Å². The third-order valence-electron chi connectivity index (χ3n) is 3.29. The monoisotopic (exact) mass is 301 g/mol. The molecule has 0 aliphatic heterocycles. The van der Waals surface area contributed by atoms with Gasteiger partial charge < -0.3 is 9.88 Å². The average Bonchev–Trinajstić information content (AvgIpc) is 2.74. The Labute approximate surface area is 125 Å². The van der Waals surface area contributed by atoms with Crippen molar-refractivity contribution < 1.29 is 13.6 Å². The van der Waals surface area contributed by atoms with Gasteiger partial charge in [-0.05, 0) is 31.2 Å². The number of fused-ring (bicyclic) bond motifs is 1. The summed E-state index contributed by atoms with van der Waals surface area (Å²) in [6.07, 6.45) is 0. The first-order valence-corrected chi connectivity index (χ1v) is 6.71. The number of nitrogens with zero attached hydrogens (tertiary/aromatic N) is 2. The van der Waals surface area contributed by atoms with E-state index in [9.17, 15) is 13.6 Å². The van der Waals surface area contributed by atoms with Gasteiger partial charge in [0.25, 0.3) is 0 Å². The van der Waals surface area contributed by atoms with E-state index < -0.39 is 11.6 Å². The second-order valence-electron chi connectivity index (χ2n) is 4.94. The van der Waals surface area contributed by atoms with Gasteiger partial charge in [-0.1, -0.05) is 12.1 Å². The highest BCUT2D eigenvalue weighted by atomic mass is 19.1. The molecule has 1 amide bonds. The number of imidazole rings is 1. The minimum absolute atomic E-state index is 0.0183. The van der Waals surface area contributed by atoms with E-state index in [4.69, 9.17) is 0 Å². The van der Waals surface area contributed by atoms with Crippen molar-refractivity contribution in [3.05, 3.63) is 59.9 Å². The third kappa shape index (κ3) is 2.81. The van der Waals surface area contributed by atoms with Crippen molar-refractivity contribution in [2.45, 2.75) is 13.5 Å². The van der Waals surface area contributed by atoms with Gasteiger partial charge >= 0.3 is 0 Å². The number of carbonyl (C=O) groups excluding carboxylic acids is 1. The molecule has 22 heavy (non-hydrogen) atoms. The molecule has 4 nitrogen and oxygen atoms in total. The molecule has 0 aliphatic carbocycles. The number of rotatable bonds is 3. The van der Waals surface area contributed by atoms with E-state index >= 15 is 0 Å². The van der Waals surface area contributed by atoms with Crippen molar-refractivity contribution in [1.82, 2.24) is 9.55 Å². The molecule has 6 heteroatoms. The van der Waals surface area contributed by atoms with Crippen LogP contribution in [0.1, 0.15) is 5.82 Å². The Bertz CT molecular complexity index is 837. The summed E-state index contributed by atoms with van der Waals surface area (Å²) in [6, 6.07) is 10.3. The molecule has 0 aliphatic rings. The SMILES string of the molecule is Cc1nc2ccccc2n1CC(=O)Nc1cc(F)cc(F)c1. The van der Waals surface area contributed by atoms with Crippen molar-refractivity contribution in [1.29, 1.82) is 0 Å².